The second-order valence-corrected chi connectivity index (χ2v) is 9.87. The number of hydrogen-bond acceptors (Lipinski definition) is 7. The molecule has 4 rings (SSSR count). The fourth-order valence-electron chi connectivity index (χ4n) is 4.82. The highest BCUT2D eigenvalue weighted by molar-refractivity contribution is 5.96. The Balaban J connectivity index is 1.49. The molecule has 0 aliphatic carbocycles. The van der Waals surface area contributed by atoms with Crippen LogP contribution in [0.15, 0.2) is 59.5 Å². The molecule has 3 amide bonds. The molecule has 1 saturated heterocycles. The van der Waals surface area contributed by atoms with Crippen LogP contribution >= 0.6 is 0 Å². The molecule has 1 atom stereocenters. The number of allylic oxidation sites excluding steroid dienone is 1. The quantitative estimate of drug-likeness (QED) is 0.244. The molecule has 0 spiro atoms. The number of carboxylic acid groups (broad SMARTS) is 1. The number of amides is 3. The minimum Gasteiger partial charge on any atom is -0.464 e. The van der Waals surface area contributed by atoms with Gasteiger partial charge in [0.2, 0.25) is 11.8 Å². The van der Waals surface area contributed by atoms with Gasteiger partial charge in [0, 0.05) is 30.4 Å². The highest BCUT2D eigenvalue weighted by Crippen LogP contribution is 2.22. The van der Waals surface area contributed by atoms with Crippen molar-refractivity contribution in [3.05, 3.63) is 76.6 Å². The number of aliphatic hydroxyl groups is 1. The average Bonchev–Trinajstić information content (AvgIpc) is 3.63. The number of ether oxygens (including phenoxy) is 1. The minimum absolute atomic E-state index is 0.0696. The number of aromatic nitrogens is 2. The van der Waals surface area contributed by atoms with Crippen LogP contribution in [0.4, 0.5) is 19.7 Å². The zero-order chi connectivity index (χ0) is 30.9. The van der Waals surface area contributed by atoms with Gasteiger partial charge in [0.25, 0.3) is 5.56 Å². The lowest BCUT2D eigenvalue weighted by atomic mass is 10.1. The number of aliphatic hydroxyl groups excluding tert-OH is 1. The van der Waals surface area contributed by atoms with E-state index in [-0.39, 0.29) is 48.8 Å². The van der Waals surface area contributed by atoms with Gasteiger partial charge in [0.15, 0.2) is 0 Å². The highest BCUT2D eigenvalue weighted by atomic mass is 19.1. The van der Waals surface area contributed by atoms with Gasteiger partial charge in [0.05, 0.1) is 18.7 Å². The summed E-state index contributed by atoms with van der Waals surface area (Å²) in [5.74, 6) is -1.41. The lowest BCUT2D eigenvalue weighted by molar-refractivity contribution is -0.125. The number of pyridine rings is 1. The predicted octanol–water partition coefficient (Wildman–Crippen LogP) is 2.50. The van der Waals surface area contributed by atoms with Crippen molar-refractivity contribution >= 4 is 40.6 Å². The van der Waals surface area contributed by atoms with Gasteiger partial charge >= 0.3 is 12.2 Å². The molecule has 228 valence electrons. The summed E-state index contributed by atoms with van der Waals surface area (Å²) in [4.78, 5) is 64.5. The second kappa shape index (κ2) is 14.3. The standard InChI is InChI=1S/C29H32FN5O8/c30-20-9-10-24-19(16-20)17-21(35(24)29(41)42)18-34-13-5-7-23(27(34)39)31-26(38)22(32-28(40)43-15-14-36)6-1-2-8-25(37)33-11-3-4-12-33/h2,5,7-10,13,16-17,22,36H,1,3-4,6,11-12,14-15,18H2,(H,31,38)(H,32,40)(H,41,42)/b8-2+. The monoisotopic (exact) mass is 597 g/mol. The van der Waals surface area contributed by atoms with Crippen molar-refractivity contribution in [2.45, 2.75) is 38.3 Å². The molecule has 3 heterocycles. The van der Waals surface area contributed by atoms with Crippen molar-refractivity contribution in [3.63, 3.8) is 0 Å². The van der Waals surface area contributed by atoms with E-state index in [1.54, 1.807) is 11.0 Å². The van der Waals surface area contributed by atoms with Gasteiger partial charge in [0.1, 0.15) is 24.2 Å². The third-order valence-electron chi connectivity index (χ3n) is 6.87. The van der Waals surface area contributed by atoms with Crippen LogP contribution in [-0.4, -0.2) is 80.6 Å². The number of carbonyl (C=O) groups is 4. The van der Waals surface area contributed by atoms with Crippen LogP contribution in [0.3, 0.4) is 0 Å². The number of carbonyl (C=O) groups excluding carboxylic acids is 3. The molecule has 13 nitrogen and oxygen atoms in total. The zero-order valence-corrected chi connectivity index (χ0v) is 23.2. The van der Waals surface area contributed by atoms with E-state index in [2.05, 4.69) is 10.6 Å². The summed E-state index contributed by atoms with van der Waals surface area (Å²) in [6, 6.07) is 6.80. The second-order valence-electron chi connectivity index (χ2n) is 9.87. The average molecular weight is 598 g/mol. The maximum absolute atomic E-state index is 13.7. The Labute approximate surface area is 245 Å². The van der Waals surface area contributed by atoms with Gasteiger partial charge in [-0.1, -0.05) is 6.08 Å². The largest absolute Gasteiger partial charge is 0.464 e. The molecule has 3 aromatic rings. The van der Waals surface area contributed by atoms with E-state index in [4.69, 9.17) is 9.84 Å². The lowest BCUT2D eigenvalue weighted by Crippen LogP contribution is -2.45. The van der Waals surface area contributed by atoms with E-state index in [9.17, 15) is 33.5 Å². The van der Waals surface area contributed by atoms with E-state index in [1.807, 2.05) is 0 Å². The zero-order valence-electron chi connectivity index (χ0n) is 23.2. The predicted molar refractivity (Wildman–Crippen MR) is 153 cm³/mol. The van der Waals surface area contributed by atoms with Crippen LogP contribution < -0.4 is 16.2 Å². The molecule has 0 bridgehead atoms. The number of rotatable bonds is 11. The smallest absolute Gasteiger partial charge is 0.416 e. The van der Waals surface area contributed by atoms with Gasteiger partial charge in [-0.3, -0.25) is 14.4 Å². The SMILES string of the molecule is O=C(NC(CC/C=C/C(=O)N1CCCC1)C(=O)Nc1cccn(Cc2cc3cc(F)ccc3n2C(=O)O)c1=O)OCCO. The number of alkyl carbamates (subject to hydrolysis) is 1. The summed E-state index contributed by atoms with van der Waals surface area (Å²) in [6.07, 6.45) is 4.39. The number of fused-ring (bicyclic) bond motifs is 1. The molecular formula is C29H32FN5O8. The molecule has 1 fully saturated rings. The third-order valence-corrected chi connectivity index (χ3v) is 6.87. The van der Waals surface area contributed by atoms with Crippen LogP contribution in [0.25, 0.3) is 10.9 Å². The lowest BCUT2D eigenvalue weighted by Gasteiger charge is -2.18. The summed E-state index contributed by atoms with van der Waals surface area (Å²) < 4.78 is 20.7. The van der Waals surface area contributed by atoms with E-state index < -0.39 is 42.1 Å². The van der Waals surface area contributed by atoms with Gasteiger partial charge in [-0.25, -0.2) is 18.5 Å². The van der Waals surface area contributed by atoms with Crippen molar-refractivity contribution in [3.8, 4) is 0 Å². The minimum atomic E-state index is -1.31. The Morgan fingerprint density at radius 3 is 2.60 bits per heavy atom. The highest BCUT2D eigenvalue weighted by Gasteiger charge is 2.23. The van der Waals surface area contributed by atoms with E-state index in [0.717, 1.165) is 23.5 Å². The number of halogens is 1. The Morgan fingerprint density at radius 2 is 1.88 bits per heavy atom. The van der Waals surface area contributed by atoms with Crippen molar-refractivity contribution in [1.29, 1.82) is 0 Å². The summed E-state index contributed by atoms with van der Waals surface area (Å²) in [5, 5.41) is 23.9. The van der Waals surface area contributed by atoms with Crippen LogP contribution in [-0.2, 0) is 20.9 Å². The number of benzene rings is 1. The third kappa shape index (κ3) is 7.86. The van der Waals surface area contributed by atoms with Crippen molar-refractivity contribution in [1.82, 2.24) is 19.4 Å². The van der Waals surface area contributed by atoms with Crippen LogP contribution in [0.1, 0.15) is 31.4 Å². The number of nitrogens with one attached hydrogen (secondary N) is 2. The first-order valence-electron chi connectivity index (χ1n) is 13.7. The van der Waals surface area contributed by atoms with Gasteiger partial charge < -0.3 is 35.1 Å². The van der Waals surface area contributed by atoms with Gasteiger partial charge in [-0.2, -0.15) is 0 Å². The molecule has 1 aliphatic heterocycles. The Morgan fingerprint density at radius 1 is 1.12 bits per heavy atom. The molecule has 4 N–H and O–H groups in total. The fourth-order valence-corrected chi connectivity index (χ4v) is 4.82. The first-order valence-corrected chi connectivity index (χ1v) is 13.7. The van der Waals surface area contributed by atoms with Gasteiger partial charge in [-0.05, 0) is 68.2 Å². The van der Waals surface area contributed by atoms with E-state index in [0.29, 0.717) is 18.5 Å². The summed E-state index contributed by atoms with van der Waals surface area (Å²) >= 11 is 0. The molecule has 14 heteroatoms. The van der Waals surface area contributed by atoms with E-state index >= 15 is 0 Å². The number of anilines is 1. The first-order chi connectivity index (χ1) is 20.7. The molecule has 43 heavy (non-hydrogen) atoms. The molecule has 1 aromatic carbocycles. The number of hydrogen-bond donors (Lipinski definition) is 4. The molecule has 2 aromatic heterocycles. The van der Waals surface area contributed by atoms with Gasteiger partial charge in [-0.15, -0.1) is 0 Å². The summed E-state index contributed by atoms with van der Waals surface area (Å²) in [7, 11) is 0. The van der Waals surface area contributed by atoms with Crippen molar-refractivity contribution < 1.29 is 38.5 Å². The fraction of sp³-hybridized carbons (Fsp3) is 0.345. The maximum Gasteiger partial charge on any atom is 0.416 e. The molecule has 1 aliphatic rings. The molecular weight excluding hydrogens is 565 g/mol. The number of nitrogens with zero attached hydrogens (tertiary/aromatic N) is 3. The van der Waals surface area contributed by atoms with Crippen LogP contribution in [0.2, 0.25) is 0 Å². The maximum atomic E-state index is 13.7. The van der Waals surface area contributed by atoms with Crippen LogP contribution in [0, 0.1) is 5.82 Å². The summed E-state index contributed by atoms with van der Waals surface area (Å²) in [6.45, 7) is 0.491. The van der Waals surface area contributed by atoms with Crippen molar-refractivity contribution in [2.75, 3.05) is 31.6 Å². The Kier molecular flexibility index (Phi) is 10.3. The van der Waals surface area contributed by atoms with Crippen LogP contribution in [0.5, 0.6) is 0 Å². The molecule has 0 saturated carbocycles. The van der Waals surface area contributed by atoms with E-state index in [1.165, 1.54) is 47.2 Å². The topological polar surface area (TPSA) is 172 Å². The Hall–Kier alpha value is -4.98. The number of likely N-dealkylation sites (tertiary alicyclic amines) is 1. The van der Waals surface area contributed by atoms with Crippen molar-refractivity contribution in [2.24, 2.45) is 0 Å². The Bertz CT molecular complexity index is 1590. The first kappa shape index (κ1) is 31.0. The molecule has 1 unspecified atom stereocenters. The summed E-state index contributed by atoms with van der Waals surface area (Å²) in [5.41, 5.74) is -0.339. The molecule has 0 radical (unpaired) electrons. The normalized spacial score (nSPS) is 13.8.